The van der Waals surface area contributed by atoms with Gasteiger partial charge in [0.05, 0.1) is 12.6 Å². The molecule has 0 spiro atoms. The summed E-state index contributed by atoms with van der Waals surface area (Å²) in [6.45, 7) is 5.01. The van der Waals surface area contributed by atoms with E-state index in [-0.39, 0.29) is 12.0 Å². The predicted molar refractivity (Wildman–Crippen MR) is 68.0 cm³/mol. The lowest BCUT2D eigenvalue weighted by atomic mass is 10.2. The minimum atomic E-state index is -0.00948. The Morgan fingerprint density at radius 3 is 2.47 bits per heavy atom. The van der Waals surface area contributed by atoms with Crippen LogP contribution in [0.4, 0.5) is 0 Å². The molecule has 0 fully saturated rings. The molecule has 0 heterocycles. The molecule has 17 heavy (non-hydrogen) atoms. The van der Waals surface area contributed by atoms with Crippen molar-refractivity contribution >= 4 is 5.91 Å². The number of nitrogens with one attached hydrogen (secondary N) is 2. The van der Waals surface area contributed by atoms with Crippen molar-refractivity contribution in [1.82, 2.24) is 10.6 Å². The second-order valence-electron chi connectivity index (χ2n) is 4.09. The molecule has 0 saturated carbocycles. The second kappa shape index (κ2) is 6.91. The number of hydrogen-bond acceptors (Lipinski definition) is 3. The van der Waals surface area contributed by atoms with E-state index in [2.05, 4.69) is 10.6 Å². The summed E-state index contributed by atoms with van der Waals surface area (Å²) in [6.07, 6.45) is 0.187. The third-order valence-corrected chi connectivity index (χ3v) is 2.19. The summed E-state index contributed by atoms with van der Waals surface area (Å²) >= 11 is 0. The van der Waals surface area contributed by atoms with Gasteiger partial charge >= 0.3 is 0 Å². The molecule has 0 aliphatic heterocycles. The molecule has 4 nitrogen and oxygen atoms in total. The molecule has 0 atom stereocenters. The monoisotopic (exact) mass is 236 g/mol. The Balaban J connectivity index is 2.37. The van der Waals surface area contributed by atoms with Crippen molar-refractivity contribution in [3.63, 3.8) is 0 Å². The van der Waals surface area contributed by atoms with Gasteiger partial charge in [0.25, 0.3) is 0 Å². The van der Waals surface area contributed by atoms with Gasteiger partial charge in [-0.05, 0) is 31.5 Å². The van der Waals surface area contributed by atoms with Gasteiger partial charge in [0, 0.05) is 13.6 Å². The van der Waals surface area contributed by atoms with Crippen molar-refractivity contribution in [3.8, 4) is 5.75 Å². The molecule has 4 heteroatoms. The fourth-order valence-electron chi connectivity index (χ4n) is 1.37. The number of hydrogen-bond donors (Lipinski definition) is 2. The zero-order valence-corrected chi connectivity index (χ0v) is 10.6. The van der Waals surface area contributed by atoms with Crippen LogP contribution in [0.2, 0.25) is 0 Å². The normalized spacial score (nSPS) is 10.4. The first-order valence-corrected chi connectivity index (χ1v) is 5.78. The minimum Gasteiger partial charge on any atom is -0.491 e. The zero-order chi connectivity index (χ0) is 12.7. The maximum absolute atomic E-state index is 11.0. The lowest BCUT2D eigenvalue weighted by Crippen LogP contribution is -2.30. The topological polar surface area (TPSA) is 50.4 Å². The number of benzene rings is 1. The van der Waals surface area contributed by atoms with E-state index in [1.165, 1.54) is 0 Å². The van der Waals surface area contributed by atoms with E-state index in [1.807, 2.05) is 38.1 Å². The average molecular weight is 236 g/mol. The summed E-state index contributed by atoms with van der Waals surface area (Å²) in [5.41, 5.74) is 1.13. The van der Waals surface area contributed by atoms with Crippen LogP contribution in [0.15, 0.2) is 24.3 Å². The van der Waals surface area contributed by atoms with E-state index < -0.39 is 0 Å². The van der Waals surface area contributed by atoms with Gasteiger partial charge in [-0.15, -0.1) is 0 Å². The lowest BCUT2D eigenvalue weighted by Gasteiger charge is -2.10. The van der Waals surface area contributed by atoms with Crippen LogP contribution in [0.25, 0.3) is 0 Å². The molecular formula is C13H20N2O2. The van der Waals surface area contributed by atoms with Crippen molar-refractivity contribution < 1.29 is 9.53 Å². The van der Waals surface area contributed by atoms with Gasteiger partial charge in [0.15, 0.2) is 0 Å². The summed E-state index contributed by atoms with van der Waals surface area (Å²) in [4.78, 5) is 11.0. The quantitative estimate of drug-likeness (QED) is 0.783. The van der Waals surface area contributed by atoms with Crippen LogP contribution >= 0.6 is 0 Å². The Hall–Kier alpha value is -1.55. The standard InChI is InChI=1S/C13H20N2O2/c1-10(2)17-12-6-4-11(5-7-12)8-15-9-13(16)14-3/h4-7,10,15H,8-9H2,1-3H3,(H,14,16). The average Bonchev–Trinajstić information content (AvgIpc) is 2.30. The molecule has 0 aromatic heterocycles. The van der Waals surface area contributed by atoms with Crippen LogP contribution in [-0.4, -0.2) is 25.6 Å². The summed E-state index contributed by atoms with van der Waals surface area (Å²) in [6, 6.07) is 7.87. The molecule has 1 amide bonds. The highest BCUT2D eigenvalue weighted by atomic mass is 16.5. The number of rotatable bonds is 6. The highest BCUT2D eigenvalue weighted by molar-refractivity contribution is 5.77. The molecule has 94 valence electrons. The molecule has 0 unspecified atom stereocenters. The van der Waals surface area contributed by atoms with E-state index in [1.54, 1.807) is 7.05 Å². The molecule has 0 aliphatic carbocycles. The minimum absolute atomic E-state index is 0.00948. The number of amides is 1. The molecule has 0 radical (unpaired) electrons. The molecule has 2 N–H and O–H groups in total. The maximum atomic E-state index is 11.0. The van der Waals surface area contributed by atoms with Gasteiger partial charge in [-0.3, -0.25) is 4.79 Å². The van der Waals surface area contributed by atoms with Crippen LogP contribution in [0, 0.1) is 0 Å². The molecular weight excluding hydrogens is 216 g/mol. The van der Waals surface area contributed by atoms with Crippen molar-refractivity contribution in [2.45, 2.75) is 26.5 Å². The highest BCUT2D eigenvalue weighted by Gasteiger charge is 1.99. The molecule has 1 aromatic carbocycles. The highest BCUT2D eigenvalue weighted by Crippen LogP contribution is 2.13. The van der Waals surface area contributed by atoms with Gasteiger partial charge in [0.1, 0.15) is 5.75 Å². The Kier molecular flexibility index (Phi) is 5.49. The van der Waals surface area contributed by atoms with Gasteiger partial charge in [-0.2, -0.15) is 0 Å². The number of carbonyl (C=O) groups excluding carboxylic acids is 1. The Labute approximate surface area is 102 Å². The third kappa shape index (κ3) is 5.36. The van der Waals surface area contributed by atoms with E-state index >= 15 is 0 Å². The number of ether oxygens (including phenoxy) is 1. The molecule has 0 bridgehead atoms. The summed E-state index contributed by atoms with van der Waals surface area (Å²) < 4.78 is 5.54. The van der Waals surface area contributed by atoms with Crippen molar-refractivity contribution in [3.05, 3.63) is 29.8 Å². The van der Waals surface area contributed by atoms with Gasteiger partial charge < -0.3 is 15.4 Å². The van der Waals surface area contributed by atoms with Crippen LogP contribution in [-0.2, 0) is 11.3 Å². The summed E-state index contributed by atoms with van der Waals surface area (Å²) in [5.74, 6) is 0.861. The van der Waals surface area contributed by atoms with Crippen molar-refractivity contribution in [1.29, 1.82) is 0 Å². The first-order valence-electron chi connectivity index (χ1n) is 5.78. The van der Waals surface area contributed by atoms with E-state index in [0.717, 1.165) is 11.3 Å². The van der Waals surface area contributed by atoms with E-state index in [4.69, 9.17) is 4.74 Å². The van der Waals surface area contributed by atoms with Gasteiger partial charge in [-0.1, -0.05) is 12.1 Å². The largest absolute Gasteiger partial charge is 0.491 e. The Morgan fingerprint density at radius 2 is 1.94 bits per heavy atom. The molecule has 1 aromatic rings. The Morgan fingerprint density at radius 1 is 1.29 bits per heavy atom. The SMILES string of the molecule is CNC(=O)CNCc1ccc(OC(C)C)cc1. The van der Waals surface area contributed by atoms with Crippen LogP contribution in [0.1, 0.15) is 19.4 Å². The van der Waals surface area contributed by atoms with Crippen LogP contribution < -0.4 is 15.4 Å². The van der Waals surface area contributed by atoms with Crippen LogP contribution in [0.5, 0.6) is 5.75 Å². The number of carbonyl (C=O) groups is 1. The number of likely N-dealkylation sites (N-methyl/N-ethyl adjacent to an activating group) is 1. The summed E-state index contributed by atoms with van der Waals surface area (Å²) in [7, 11) is 1.63. The zero-order valence-electron chi connectivity index (χ0n) is 10.6. The second-order valence-corrected chi connectivity index (χ2v) is 4.09. The maximum Gasteiger partial charge on any atom is 0.233 e. The van der Waals surface area contributed by atoms with E-state index in [9.17, 15) is 4.79 Å². The third-order valence-electron chi connectivity index (χ3n) is 2.19. The smallest absolute Gasteiger partial charge is 0.233 e. The van der Waals surface area contributed by atoms with Crippen molar-refractivity contribution in [2.24, 2.45) is 0 Å². The first-order chi connectivity index (χ1) is 8.11. The van der Waals surface area contributed by atoms with Crippen LogP contribution in [0.3, 0.4) is 0 Å². The fourth-order valence-corrected chi connectivity index (χ4v) is 1.37. The summed E-state index contributed by atoms with van der Waals surface area (Å²) in [5, 5.41) is 5.62. The molecule has 0 aliphatic rings. The van der Waals surface area contributed by atoms with Gasteiger partial charge in [-0.25, -0.2) is 0 Å². The van der Waals surface area contributed by atoms with Gasteiger partial charge in [0.2, 0.25) is 5.91 Å². The lowest BCUT2D eigenvalue weighted by molar-refractivity contribution is -0.119. The molecule has 1 rings (SSSR count). The van der Waals surface area contributed by atoms with Crippen molar-refractivity contribution in [2.75, 3.05) is 13.6 Å². The van der Waals surface area contributed by atoms with E-state index in [0.29, 0.717) is 13.1 Å². The Bertz CT molecular complexity index is 347. The first kappa shape index (κ1) is 13.5. The predicted octanol–water partition coefficient (Wildman–Crippen LogP) is 1.31. The molecule has 0 saturated heterocycles. The fraction of sp³-hybridized carbons (Fsp3) is 0.462.